The molecule has 4 nitrogen and oxygen atoms in total. The molecule has 5 heteroatoms. The summed E-state index contributed by atoms with van der Waals surface area (Å²) in [5.74, 6) is -1.17. The van der Waals surface area contributed by atoms with E-state index in [1.165, 1.54) is 0 Å². The zero-order valence-electron chi connectivity index (χ0n) is 14.0. The van der Waals surface area contributed by atoms with Crippen LogP contribution >= 0.6 is 11.3 Å². The standard InChI is InChI=1S/C19H17NO3S/c1-10(2)14-15(19(22)23-18(14)21)11(3)16-12(4)24-17(20-16)13-8-6-5-7-9-13/h5-9H,1-4H3/b15-11-. The van der Waals surface area contributed by atoms with Gasteiger partial charge in [-0.15, -0.1) is 11.3 Å². The summed E-state index contributed by atoms with van der Waals surface area (Å²) < 4.78 is 4.80. The van der Waals surface area contributed by atoms with E-state index in [1.54, 1.807) is 25.2 Å². The average Bonchev–Trinajstić information content (AvgIpc) is 3.07. The monoisotopic (exact) mass is 339 g/mol. The van der Waals surface area contributed by atoms with Gasteiger partial charge in [-0.25, -0.2) is 14.6 Å². The van der Waals surface area contributed by atoms with Crippen molar-refractivity contribution in [1.29, 1.82) is 0 Å². The third kappa shape index (κ3) is 2.71. The highest BCUT2D eigenvalue weighted by molar-refractivity contribution is 7.15. The van der Waals surface area contributed by atoms with E-state index >= 15 is 0 Å². The Bertz CT molecular complexity index is 900. The number of hydrogen-bond donors (Lipinski definition) is 0. The van der Waals surface area contributed by atoms with Crippen LogP contribution in [0.2, 0.25) is 0 Å². The van der Waals surface area contributed by atoms with Crippen LogP contribution in [0.4, 0.5) is 0 Å². The third-order valence-corrected chi connectivity index (χ3v) is 4.91. The molecular weight excluding hydrogens is 322 g/mol. The van der Waals surface area contributed by atoms with Gasteiger partial charge in [0, 0.05) is 10.4 Å². The zero-order chi connectivity index (χ0) is 17.4. The van der Waals surface area contributed by atoms with Crippen LogP contribution in [0.5, 0.6) is 0 Å². The lowest BCUT2D eigenvalue weighted by atomic mass is 9.97. The second kappa shape index (κ2) is 6.17. The molecule has 0 saturated carbocycles. The van der Waals surface area contributed by atoms with E-state index in [0.717, 1.165) is 26.7 Å². The van der Waals surface area contributed by atoms with Gasteiger partial charge in [-0.05, 0) is 33.3 Å². The summed E-state index contributed by atoms with van der Waals surface area (Å²) in [6, 6.07) is 9.88. The fraction of sp³-hybridized carbons (Fsp3) is 0.211. The van der Waals surface area contributed by atoms with Crippen molar-refractivity contribution < 1.29 is 14.3 Å². The van der Waals surface area contributed by atoms with Crippen molar-refractivity contribution >= 4 is 28.8 Å². The van der Waals surface area contributed by atoms with Crippen LogP contribution in [0, 0.1) is 6.92 Å². The molecule has 0 spiro atoms. The van der Waals surface area contributed by atoms with Crippen LogP contribution in [0.15, 0.2) is 47.1 Å². The fourth-order valence-corrected chi connectivity index (χ4v) is 3.73. The van der Waals surface area contributed by atoms with Gasteiger partial charge in [0.15, 0.2) is 0 Å². The molecule has 1 fully saturated rings. The fourth-order valence-electron chi connectivity index (χ4n) is 2.75. The maximum absolute atomic E-state index is 12.1. The van der Waals surface area contributed by atoms with Crippen molar-refractivity contribution in [1.82, 2.24) is 4.98 Å². The van der Waals surface area contributed by atoms with Gasteiger partial charge in [-0.2, -0.15) is 0 Å². The van der Waals surface area contributed by atoms with Gasteiger partial charge < -0.3 is 4.74 Å². The number of carbonyl (C=O) groups is 2. The number of allylic oxidation sites excluding steroid dienone is 2. The predicted molar refractivity (Wildman–Crippen MR) is 94.4 cm³/mol. The molecule has 2 heterocycles. The smallest absolute Gasteiger partial charge is 0.347 e. The molecule has 1 saturated heterocycles. The van der Waals surface area contributed by atoms with Gasteiger partial charge in [0.2, 0.25) is 0 Å². The zero-order valence-corrected chi connectivity index (χ0v) is 14.8. The Hall–Kier alpha value is -2.53. The number of hydrogen-bond acceptors (Lipinski definition) is 5. The summed E-state index contributed by atoms with van der Waals surface area (Å²) >= 11 is 1.57. The van der Waals surface area contributed by atoms with E-state index in [0.29, 0.717) is 16.7 Å². The summed E-state index contributed by atoms with van der Waals surface area (Å²) in [5, 5.41) is 0.888. The highest BCUT2D eigenvalue weighted by Crippen LogP contribution is 2.36. The summed E-state index contributed by atoms with van der Waals surface area (Å²) in [5.41, 5.74) is 3.88. The van der Waals surface area contributed by atoms with Gasteiger partial charge >= 0.3 is 11.9 Å². The Kier molecular flexibility index (Phi) is 4.20. The SMILES string of the molecule is CC(C)=C1C(=O)OC(=O)/C1=C(/C)c1nc(-c2ccccc2)sc1C. The van der Waals surface area contributed by atoms with Crippen molar-refractivity contribution in [2.75, 3.05) is 0 Å². The number of cyclic esters (lactones) is 2. The second-order valence-electron chi connectivity index (χ2n) is 5.84. The topological polar surface area (TPSA) is 56.3 Å². The minimum atomic E-state index is -0.595. The van der Waals surface area contributed by atoms with Crippen LogP contribution in [0.1, 0.15) is 31.3 Å². The van der Waals surface area contributed by atoms with E-state index in [1.807, 2.05) is 44.2 Å². The molecule has 122 valence electrons. The first-order valence-electron chi connectivity index (χ1n) is 7.58. The first-order chi connectivity index (χ1) is 11.4. The van der Waals surface area contributed by atoms with Crippen LogP contribution in [0.25, 0.3) is 16.1 Å². The van der Waals surface area contributed by atoms with E-state index in [4.69, 9.17) is 9.72 Å². The van der Waals surface area contributed by atoms with Crippen molar-refractivity contribution in [3.63, 3.8) is 0 Å². The predicted octanol–water partition coefficient (Wildman–Crippen LogP) is 4.31. The van der Waals surface area contributed by atoms with Crippen LogP contribution in [-0.4, -0.2) is 16.9 Å². The normalized spacial score (nSPS) is 16.4. The van der Waals surface area contributed by atoms with Crippen LogP contribution in [-0.2, 0) is 14.3 Å². The Morgan fingerprint density at radius 3 is 2.25 bits per heavy atom. The van der Waals surface area contributed by atoms with Crippen molar-refractivity contribution in [3.05, 3.63) is 57.6 Å². The average molecular weight is 339 g/mol. The van der Waals surface area contributed by atoms with Crippen molar-refractivity contribution in [2.45, 2.75) is 27.7 Å². The van der Waals surface area contributed by atoms with Crippen LogP contribution < -0.4 is 0 Å². The Morgan fingerprint density at radius 1 is 1.00 bits per heavy atom. The lowest BCUT2D eigenvalue weighted by Gasteiger charge is -2.04. The molecule has 0 aliphatic carbocycles. The molecule has 0 atom stereocenters. The third-order valence-electron chi connectivity index (χ3n) is 3.89. The number of carbonyl (C=O) groups excluding carboxylic acids is 2. The summed E-state index contributed by atoms with van der Waals surface area (Å²) in [4.78, 5) is 29.8. The van der Waals surface area contributed by atoms with E-state index in [2.05, 4.69) is 0 Å². The molecule has 0 N–H and O–H groups in total. The molecule has 0 radical (unpaired) electrons. The first-order valence-corrected chi connectivity index (χ1v) is 8.40. The van der Waals surface area contributed by atoms with E-state index in [9.17, 15) is 9.59 Å². The number of rotatable bonds is 2. The molecule has 3 rings (SSSR count). The Labute approximate surface area is 144 Å². The molecule has 1 aliphatic rings. The van der Waals surface area contributed by atoms with Gasteiger partial charge in [0.05, 0.1) is 16.8 Å². The number of esters is 2. The molecular formula is C19H17NO3S. The molecule has 2 aromatic rings. The van der Waals surface area contributed by atoms with E-state index in [-0.39, 0.29) is 0 Å². The van der Waals surface area contributed by atoms with Gasteiger partial charge in [0.1, 0.15) is 5.01 Å². The van der Waals surface area contributed by atoms with Crippen LogP contribution in [0.3, 0.4) is 0 Å². The maximum Gasteiger partial charge on any atom is 0.347 e. The van der Waals surface area contributed by atoms with Crippen molar-refractivity contribution in [3.8, 4) is 10.6 Å². The Balaban J connectivity index is 2.15. The minimum Gasteiger partial charge on any atom is -0.386 e. The number of aryl methyl sites for hydroxylation is 1. The summed E-state index contributed by atoms with van der Waals surface area (Å²) in [7, 11) is 0. The highest BCUT2D eigenvalue weighted by Gasteiger charge is 2.36. The van der Waals surface area contributed by atoms with Gasteiger partial charge in [-0.1, -0.05) is 35.9 Å². The number of ether oxygens (including phenoxy) is 1. The highest BCUT2D eigenvalue weighted by atomic mass is 32.1. The number of aromatic nitrogens is 1. The molecule has 1 aliphatic heterocycles. The summed E-state index contributed by atoms with van der Waals surface area (Å²) in [6.45, 7) is 7.38. The van der Waals surface area contributed by atoms with E-state index < -0.39 is 11.9 Å². The molecule has 0 amide bonds. The Morgan fingerprint density at radius 2 is 1.62 bits per heavy atom. The lowest BCUT2D eigenvalue weighted by Crippen LogP contribution is -2.00. The largest absolute Gasteiger partial charge is 0.386 e. The minimum absolute atomic E-state index is 0.327. The lowest BCUT2D eigenvalue weighted by molar-refractivity contribution is -0.149. The number of nitrogens with zero attached hydrogens (tertiary/aromatic N) is 1. The molecule has 1 aromatic carbocycles. The molecule has 0 unspecified atom stereocenters. The molecule has 1 aromatic heterocycles. The van der Waals surface area contributed by atoms with Gasteiger partial charge in [-0.3, -0.25) is 0 Å². The second-order valence-corrected chi connectivity index (χ2v) is 7.05. The molecule has 24 heavy (non-hydrogen) atoms. The first kappa shape index (κ1) is 16.3. The van der Waals surface area contributed by atoms with Crippen molar-refractivity contribution in [2.24, 2.45) is 0 Å². The number of thiazole rings is 1. The molecule has 0 bridgehead atoms. The quantitative estimate of drug-likeness (QED) is 0.465. The number of benzene rings is 1. The maximum atomic E-state index is 12.1. The summed E-state index contributed by atoms with van der Waals surface area (Å²) in [6.07, 6.45) is 0. The van der Waals surface area contributed by atoms with Gasteiger partial charge in [0.25, 0.3) is 0 Å².